The lowest BCUT2D eigenvalue weighted by molar-refractivity contribution is 0.143. The molecule has 3 aromatic rings. The first kappa shape index (κ1) is 20.2. The number of fused-ring (bicyclic) bond motifs is 3. The minimum atomic E-state index is -0.565. The number of amides is 1. The molecule has 4 rings (SSSR count). The van der Waals surface area contributed by atoms with E-state index in [9.17, 15) is 9.18 Å². The Balaban J connectivity index is 1.29. The summed E-state index contributed by atoms with van der Waals surface area (Å²) in [6.07, 6.45) is -0.0825. The minimum absolute atomic E-state index is 0.0192. The van der Waals surface area contributed by atoms with E-state index in [2.05, 4.69) is 41.4 Å². The molecule has 1 aliphatic rings. The number of nitriles is 1. The van der Waals surface area contributed by atoms with Gasteiger partial charge in [-0.25, -0.2) is 9.18 Å². The molecule has 0 spiro atoms. The molecule has 0 unspecified atom stereocenters. The lowest BCUT2D eigenvalue weighted by Gasteiger charge is -2.14. The molecule has 0 atom stereocenters. The van der Waals surface area contributed by atoms with E-state index in [0.29, 0.717) is 18.5 Å². The molecule has 0 aromatic heterocycles. The summed E-state index contributed by atoms with van der Waals surface area (Å²) >= 11 is 0. The average molecular weight is 410 g/mol. The Kier molecular flexibility index (Phi) is 5.96. The van der Waals surface area contributed by atoms with Crippen molar-refractivity contribution in [3.63, 3.8) is 0 Å². The standard InChI is InChI=1S/C26H19FN2O2/c27-25-13-12-18(15-19(25)16-28)7-5-6-14-29-26(30)31-17-24-22-10-3-1-8-20(22)21-9-2-4-11-23(21)24/h1-4,8-13,15,24H,6,14,17H2,(H,29,30). The molecule has 5 heteroatoms. The average Bonchev–Trinajstić information content (AvgIpc) is 3.12. The summed E-state index contributed by atoms with van der Waals surface area (Å²) in [4.78, 5) is 12.1. The van der Waals surface area contributed by atoms with Crippen LogP contribution in [0.3, 0.4) is 0 Å². The molecule has 0 fully saturated rings. The lowest BCUT2D eigenvalue weighted by atomic mass is 9.98. The van der Waals surface area contributed by atoms with Gasteiger partial charge in [0.25, 0.3) is 0 Å². The summed E-state index contributed by atoms with van der Waals surface area (Å²) in [5.74, 6) is 5.21. The molecule has 31 heavy (non-hydrogen) atoms. The van der Waals surface area contributed by atoms with Crippen LogP contribution >= 0.6 is 0 Å². The number of halogens is 1. The van der Waals surface area contributed by atoms with Crippen LogP contribution in [0.4, 0.5) is 9.18 Å². The Morgan fingerprint density at radius 2 is 1.71 bits per heavy atom. The summed E-state index contributed by atoms with van der Waals surface area (Å²) < 4.78 is 18.8. The highest BCUT2D eigenvalue weighted by molar-refractivity contribution is 5.79. The van der Waals surface area contributed by atoms with E-state index in [0.717, 1.165) is 0 Å². The number of benzene rings is 3. The van der Waals surface area contributed by atoms with Gasteiger partial charge < -0.3 is 10.1 Å². The van der Waals surface area contributed by atoms with Crippen molar-refractivity contribution in [2.24, 2.45) is 0 Å². The molecule has 0 saturated carbocycles. The van der Waals surface area contributed by atoms with Gasteiger partial charge in [-0.2, -0.15) is 5.26 Å². The third kappa shape index (κ3) is 4.42. The monoisotopic (exact) mass is 410 g/mol. The molecular formula is C26H19FN2O2. The van der Waals surface area contributed by atoms with Crippen LogP contribution in [-0.2, 0) is 4.74 Å². The second-order valence-corrected chi connectivity index (χ2v) is 7.11. The Hall–Kier alpha value is -4.09. The van der Waals surface area contributed by atoms with Crippen molar-refractivity contribution in [2.45, 2.75) is 12.3 Å². The molecule has 0 saturated heterocycles. The van der Waals surface area contributed by atoms with E-state index >= 15 is 0 Å². The van der Waals surface area contributed by atoms with Crippen molar-refractivity contribution in [1.82, 2.24) is 5.32 Å². The molecule has 152 valence electrons. The van der Waals surface area contributed by atoms with E-state index in [1.54, 1.807) is 6.07 Å². The molecule has 0 heterocycles. The maximum atomic E-state index is 13.3. The summed E-state index contributed by atoms with van der Waals surface area (Å²) in [6.45, 7) is 0.591. The van der Waals surface area contributed by atoms with Crippen LogP contribution in [0.2, 0.25) is 0 Å². The first-order valence-corrected chi connectivity index (χ1v) is 9.94. The SMILES string of the molecule is N#Cc1cc(C#CCCNC(=O)OCC2c3ccccc3-c3ccccc32)ccc1F. The smallest absolute Gasteiger partial charge is 0.407 e. The van der Waals surface area contributed by atoms with Gasteiger partial charge in [0, 0.05) is 24.4 Å². The van der Waals surface area contributed by atoms with Crippen LogP contribution in [-0.4, -0.2) is 19.2 Å². The summed E-state index contributed by atoms with van der Waals surface area (Å²) in [7, 11) is 0. The van der Waals surface area contributed by atoms with Crippen molar-refractivity contribution in [2.75, 3.05) is 13.2 Å². The number of nitrogens with zero attached hydrogens (tertiary/aromatic N) is 1. The van der Waals surface area contributed by atoms with Crippen molar-refractivity contribution >= 4 is 6.09 Å². The zero-order valence-electron chi connectivity index (χ0n) is 16.7. The highest BCUT2D eigenvalue weighted by Gasteiger charge is 2.28. The van der Waals surface area contributed by atoms with Gasteiger partial charge in [0.2, 0.25) is 0 Å². The number of nitrogens with one attached hydrogen (secondary N) is 1. The highest BCUT2D eigenvalue weighted by Crippen LogP contribution is 2.44. The fourth-order valence-corrected chi connectivity index (χ4v) is 3.73. The van der Waals surface area contributed by atoms with Crippen molar-refractivity contribution in [3.8, 4) is 29.0 Å². The van der Waals surface area contributed by atoms with Gasteiger partial charge in [0.15, 0.2) is 0 Å². The molecule has 0 bridgehead atoms. The number of hydrogen-bond donors (Lipinski definition) is 1. The summed E-state index contributed by atoms with van der Waals surface area (Å²) in [5, 5.41) is 11.5. The van der Waals surface area contributed by atoms with Gasteiger partial charge >= 0.3 is 6.09 Å². The van der Waals surface area contributed by atoms with Gasteiger partial charge in [-0.05, 0) is 40.5 Å². The van der Waals surface area contributed by atoms with Gasteiger partial charge in [0.1, 0.15) is 18.5 Å². The third-order valence-electron chi connectivity index (χ3n) is 5.18. The predicted molar refractivity (Wildman–Crippen MR) is 116 cm³/mol. The number of hydrogen-bond acceptors (Lipinski definition) is 3. The fourth-order valence-electron chi connectivity index (χ4n) is 3.73. The normalized spacial score (nSPS) is 11.5. The number of rotatable bonds is 4. The first-order chi connectivity index (χ1) is 15.2. The van der Waals surface area contributed by atoms with E-state index < -0.39 is 11.9 Å². The highest BCUT2D eigenvalue weighted by atomic mass is 19.1. The van der Waals surface area contributed by atoms with Gasteiger partial charge in [-0.15, -0.1) is 0 Å². The molecule has 3 aromatic carbocycles. The maximum absolute atomic E-state index is 13.3. The number of ether oxygens (including phenoxy) is 1. The quantitative estimate of drug-likeness (QED) is 0.488. The Morgan fingerprint density at radius 3 is 2.39 bits per heavy atom. The van der Waals surface area contributed by atoms with Crippen LogP contribution in [0, 0.1) is 29.0 Å². The van der Waals surface area contributed by atoms with Crippen molar-refractivity contribution < 1.29 is 13.9 Å². The van der Waals surface area contributed by atoms with E-state index in [4.69, 9.17) is 10.00 Å². The van der Waals surface area contributed by atoms with Gasteiger partial charge in [-0.3, -0.25) is 0 Å². The summed E-state index contributed by atoms with van der Waals surface area (Å²) in [5.41, 5.74) is 5.21. The molecule has 4 nitrogen and oxygen atoms in total. The third-order valence-corrected chi connectivity index (χ3v) is 5.18. The summed E-state index contributed by atoms with van der Waals surface area (Å²) in [6, 6.07) is 22.3. The van der Waals surface area contributed by atoms with Crippen molar-refractivity contribution in [1.29, 1.82) is 5.26 Å². The van der Waals surface area contributed by atoms with Crippen LogP contribution < -0.4 is 5.32 Å². The largest absolute Gasteiger partial charge is 0.449 e. The Morgan fingerprint density at radius 1 is 1.03 bits per heavy atom. The Bertz CT molecular complexity index is 1190. The van der Waals surface area contributed by atoms with E-state index in [1.807, 2.05) is 24.3 Å². The number of alkyl carbamates (subject to hydrolysis) is 1. The molecule has 1 aliphatic carbocycles. The van der Waals surface area contributed by atoms with Crippen LogP contribution in [0.25, 0.3) is 11.1 Å². The molecule has 0 aliphatic heterocycles. The zero-order chi connectivity index (χ0) is 21.6. The first-order valence-electron chi connectivity index (χ1n) is 9.94. The Labute approximate surface area is 180 Å². The topological polar surface area (TPSA) is 62.1 Å². The zero-order valence-corrected chi connectivity index (χ0v) is 16.7. The van der Waals surface area contributed by atoms with Crippen LogP contribution in [0.15, 0.2) is 66.7 Å². The van der Waals surface area contributed by atoms with E-state index in [-0.39, 0.29) is 18.1 Å². The number of carbonyl (C=O) groups is 1. The van der Waals surface area contributed by atoms with Crippen molar-refractivity contribution in [3.05, 3.63) is 94.8 Å². The molecule has 0 radical (unpaired) electrons. The molecular weight excluding hydrogens is 391 g/mol. The predicted octanol–water partition coefficient (Wildman–Crippen LogP) is 4.98. The van der Waals surface area contributed by atoms with Crippen LogP contribution in [0.1, 0.15) is 34.6 Å². The lowest BCUT2D eigenvalue weighted by Crippen LogP contribution is -2.26. The molecule has 1 N–H and O–H groups in total. The van der Waals surface area contributed by atoms with E-state index in [1.165, 1.54) is 40.5 Å². The molecule has 1 amide bonds. The van der Waals surface area contributed by atoms with Crippen LogP contribution in [0.5, 0.6) is 0 Å². The fraction of sp³-hybridized carbons (Fsp3) is 0.154. The minimum Gasteiger partial charge on any atom is -0.449 e. The number of carbonyl (C=O) groups excluding carboxylic acids is 1. The second-order valence-electron chi connectivity index (χ2n) is 7.11. The van der Waals surface area contributed by atoms with Gasteiger partial charge in [-0.1, -0.05) is 60.4 Å². The van der Waals surface area contributed by atoms with Gasteiger partial charge in [0.05, 0.1) is 5.56 Å². The maximum Gasteiger partial charge on any atom is 0.407 e. The second kappa shape index (κ2) is 9.15.